The molecule has 0 unspecified atom stereocenters. The molecule has 0 saturated carbocycles. The predicted octanol–water partition coefficient (Wildman–Crippen LogP) is 2.32. The molecule has 1 amide bonds. The van der Waals surface area contributed by atoms with Crippen molar-refractivity contribution in [2.45, 2.75) is 38.8 Å². The Morgan fingerprint density at radius 1 is 1.30 bits per heavy atom. The molecule has 0 bridgehead atoms. The molecular formula is C16H19NO3. The number of Topliss-reactive ketones (excluding diaryl/α,β-unsaturated/α-hetero) is 1. The number of rotatable bonds is 4. The Bertz CT molecular complexity index is 509. The molecule has 0 radical (unpaired) electrons. The van der Waals surface area contributed by atoms with Crippen molar-refractivity contribution in [2.24, 2.45) is 0 Å². The van der Waals surface area contributed by atoms with Gasteiger partial charge in [-0.15, -0.1) is 6.42 Å². The predicted molar refractivity (Wildman–Crippen MR) is 77.1 cm³/mol. The van der Waals surface area contributed by atoms with Gasteiger partial charge in [0, 0.05) is 6.42 Å². The third kappa shape index (κ3) is 5.57. The van der Waals surface area contributed by atoms with E-state index < -0.39 is 23.5 Å². The van der Waals surface area contributed by atoms with E-state index in [4.69, 9.17) is 11.2 Å². The van der Waals surface area contributed by atoms with Crippen LogP contribution in [0.5, 0.6) is 0 Å². The van der Waals surface area contributed by atoms with Crippen molar-refractivity contribution in [1.82, 2.24) is 5.32 Å². The fraction of sp³-hybridized carbons (Fsp3) is 0.375. The minimum absolute atomic E-state index is 0.336. The Morgan fingerprint density at radius 2 is 1.90 bits per heavy atom. The van der Waals surface area contributed by atoms with E-state index in [9.17, 15) is 9.59 Å². The standard InChI is InChI=1S/C16H19NO3/c1-5-14(18)13(11-12-9-7-6-8-10-12)17-15(19)20-16(2,3)4/h1,6-10,13H,11H2,2-4H3,(H,17,19)/t13-/m0/s1. The molecule has 1 N–H and O–H groups in total. The van der Waals surface area contributed by atoms with Crippen LogP contribution in [-0.2, 0) is 16.0 Å². The Labute approximate surface area is 119 Å². The van der Waals surface area contributed by atoms with Gasteiger partial charge in [0.25, 0.3) is 0 Å². The maximum atomic E-state index is 11.7. The second-order valence-corrected chi connectivity index (χ2v) is 5.40. The summed E-state index contributed by atoms with van der Waals surface area (Å²) in [5, 5.41) is 2.52. The molecule has 1 aromatic carbocycles. The van der Waals surface area contributed by atoms with Gasteiger partial charge in [-0.25, -0.2) is 4.79 Å². The number of ketones is 1. The van der Waals surface area contributed by atoms with Crippen molar-refractivity contribution in [1.29, 1.82) is 0 Å². The molecule has 0 heterocycles. The maximum absolute atomic E-state index is 11.7. The lowest BCUT2D eigenvalue weighted by atomic mass is 10.0. The van der Waals surface area contributed by atoms with Crippen molar-refractivity contribution in [3.63, 3.8) is 0 Å². The highest BCUT2D eigenvalue weighted by molar-refractivity contribution is 6.00. The van der Waals surface area contributed by atoms with Gasteiger partial charge in [0.15, 0.2) is 0 Å². The molecule has 1 aromatic rings. The molecule has 20 heavy (non-hydrogen) atoms. The number of benzene rings is 1. The first kappa shape index (κ1) is 15.8. The Morgan fingerprint density at radius 3 is 2.40 bits per heavy atom. The van der Waals surface area contributed by atoms with Gasteiger partial charge >= 0.3 is 6.09 Å². The molecule has 0 saturated heterocycles. The quantitative estimate of drug-likeness (QED) is 0.676. The average molecular weight is 273 g/mol. The minimum Gasteiger partial charge on any atom is -0.444 e. The van der Waals surface area contributed by atoms with E-state index in [1.54, 1.807) is 20.8 Å². The van der Waals surface area contributed by atoms with Crippen molar-refractivity contribution < 1.29 is 14.3 Å². The van der Waals surface area contributed by atoms with Gasteiger partial charge in [0.1, 0.15) is 11.6 Å². The van der Waals surface area contributed by atoms with Crippen LogP contribution in [0.25, 0.3) is 0 Å². The summed E-state index contributed by atoms with van der Waals surface area (Å²) in [6, 6.07) is 8.56. The summed E-state index contributed by atoms with van der Waals surface area (Å²) >= 11 is 0. The lowest BCUT2D eigenvalue weighted by molar-refractivity contribution is -0.115. The first-order chi connectivity index (χ1) is 9.31. The number of ether oxygens (including phenoxy) is 1. The number of hydrogen-bond acceptors (Lipinski definition) is 3. The molecule has 0 aliphatic heterocycles. The van der Waals surface area contributed by atoms with E-state index in [-0.39, 0.29) is 0 Å². The van der Waals surface area contributed by atoms with E-state index in [0.29, 0.717) is 6.42 Å². The van der Waals surface area contributed by atoms with Gasteiger partial charge in [-0.3, -0.25) is 4.79 Å². The monoisotopic (exact) mass is 273 g/mol. The topological polar surface area (TPSA) is 55.4 Å². The highest BCUT2D eigenvalue weighted by Crippen LogP contribution is 2.08. The molecule has 0 aliphatic carbocycles. The summed E-state index contributed by atoms with van der Waals surface area (Å²) in [7, 11) is 0. The fourth-order valence-electron chi connectivity index (χ4n) is 1.61. The summed E-state index contributed by atoms with van der Waals surface area (Å²) in [6.45, 7) is 5.26. The van der Waals surface area contributed by atoms with Crippen LogP contribution in [0.2, 0.25) is 0 Å². The molecule has 106 valence electrons. The molecule has 4 heteroatoms. The molecule has 4 nitrogen and oxygen atoms in total. The van der Waals surface area contributed by atoms with Crippen LogP contribution in [0.3, 0.4) is 0 Å². The molecule has 1 rings (SSSR count). The van der Waals surface area contributed by atoms with E-state index >= 15 is 0 Å². The summed E-state index contributed by atoms with van der Waals surface area (Å²) < 4.78 is 5.13. The Hall–Kier alpha value is -2.28. The third-order valence-corrected chi connectivity index (χ3v) is 2.43. The zero-order chi connectivity index (χ0) is 15.2. The van der Waals surface area contributed by atoms with Crippen molar-refractivity contribution in [3.05, 3.63) is 35.9 Å². The summed E-state index contributed by atoms with van der Waals surface area (Å²) in [4.78, 5) is 23.4. The SMILES string of the molecule is C#CC(=O)[C@H](Cc1ccccc1)NC(=O)OC(C)(C)C. The molecule has 0 fully saturated rings. The molecule has 0 spiro atoms. The van der Waals surface area contributed by atoms with E-state index in [2.05, 4.69) is 5.32 Å². The lowest BCUT2D eigenvalue weighted by Crippen LogP contribution is -2.44. The number of hydrogen-bond donors (Lipinski definition) is 1. The minimum atomic E-state index is -0.780. The Kier molecular flexibility index (Phi) is 5.33. The van der Waals surface area contributed by atoms with Crippen LogP contribution in [0.4, 0.5) is 4.79 Å². The van der Waals surface area contributed by atoms with Crippen molar-refractivity contribution in [2.75, 3.05) is 0 Å². The molecular weight excluding hydrogens is 254 g/mol. The zero-order valence-corrected chi connectivity index (χ0v) is 12.0. The van der Waals surface area contributed by atoms with Gasteiger partial charge in [0.2, 0.25) is 5.78 Å². The number of terminal acetylenes is 1. The van der Waals surface area contributed by atoms with E-state index in [1.165, 1.54) is 0 Å². The number of alkyl carbamates (subject to hydrolysis) is 1. The number of amides is 1. The molecule has 0 aromatic heterocycles. The van der Waals surface area contributed by atoms with E-state index in [1.807, 2.05) is 36.3 Å². The summed E-state index contributed by atoms with van der Waals surface area (Å²) in [5.41, 5.74) is 0.290. The van der Waals surface area contributed by atoms with Crippen molar-refractivity contribution >= 4 is 11.9 Å². The van der Waals surface area contributed by atoms with Gasteiger partial charge in [-0.05, 0) is 32.3 Å². The first-order valence-corrected chi connectivity index (χ1v) is 6.36. The normalized spacial score (nSPS) is 12.1. The van der Waals surface area contributed by atoms with Crippen LogP contribution < -0.4 is 5.32 Å². The summed E-state index contributed by atoms with van der Waals surface area (Å²) in [5.74, 6) is 1.57. The van der Waals surface area contributed by atoms with Crippen LogP contribution in [0.1, 0.15) is 26.3 Å². The van der Waals surface area contributed by atoms with Crippen LogP contribution in [0.15, 0.2) is 30.3 Å². The lowest BCUT2D eigenvalue weighted by Gasteiger charge is -2.22. The second-order valence-electron chi connectivity index (χ2n) is 5.40. The smallest absolute Gasteiger partial charge is 0.408 e. The third-order valence-electron chi connectivity index (χ3n) is 2.43. The number of nitrogens with one attached hydrogen (secondary N) is 1. The first-order valence-electron chi connectivity index (χ1n) is 6.36. The fourth-order valence-corrected chi connectivity index (χ4v) is 1.61. The van der Waals surface area contributed by atoms with Gasteiger partial charge in [-0.2, -0.15) is 0 Å². The summed E-state index contributed by atoms with van der Waals surface area (Å²) in [6.07, 6.45) is 4.82. The molecule has 1 atom stereocenters. The number of carbonyl (C=O) groups is 2. The van der Waals surface area contributed by atoms with Crippen LogP contribution >= 0.6 is 0 Å². The second kappa shape index (κ2) is 6.76. The maximum Gasteiger partial charge on any atom is 0.408 e. The number of carbonyl (C=O) groups excluding carboxylic acids is 2. The van der Waals surface area contributed by atoms with E-state index in [0.717, 1.165) is 5.56 Å². The van der Waals surface area contributed by atoms with Crippen molar-refractivity contribution in [3.8, 4) is 12.3 Å². The van der Waals surface area contributed by atoms with Crippen LogP contribution in [-0.4, -0.2) is 23.5 Å². The largest absolute Gasteiger partial charge is 0.444 e. The molecule has 0 aliphatic rings. The van der Waals surface area contributed by atoms with Crippen LogP contribution in [0, 0.1) is 12.3 Å². The zero-order valence-electron chi connectivity index (χ0n) is 12.0. The highest BCUT2D eigenvalue weighted by Gasteiger charge is 2.23. The van der Waals surface area contributed by atoms with Gasteiger partial charge in [0.05, 0.1) is 0 Å². The highest BCUT2D eigenvalue weighted by atomic mass is 16.6. The Balaban J connectivity index is 2.74. The van der Waals surface area contributed by atoms with Gasteiger partial charge < -0.3 is 10.1 Å². The van der Waals surface area contributed by atoms with Gasteiger partial charge in [-0.1, -0.05) is 30.3 Å². The average Bonchev–Trinajstić information content (AvgIpc) is 2.36.